The van der Waals surface area contributed by atoms with Crippen LogP contribution in [-0.2, 0) is 9.47 Å². The number of carbonyl (C=O) groups is 1. The lowest BCUT2D eigenvalue weighted by Crippen LogP contribution is -2.54. The van der Waals surface area contributed by atoms with Crippen LogP contribution >= 0.6 is 11.3 Å². The lowest BCUT2D eigenvalue weighted by molar-refractivity contribution is 0.0177. The summed E-state index contributed by atoms with van der Waals surface area (Å²) in [5, 5.41) is 11.8. The Balaban J connectivity index is 1.88. The smallest absolute Gasteiger partial charge is 0.408 e. The van der Waals surface area contributed by atoms with Gasteiger partial charge in [-0.3, -0.25) is 9.89 Å². The molecule has 8 nitrogen and oxygen atoms in total. The van der Waals surface area contributed by atoms with Crippen LogP contribution in [0, 0.1) is 0 Å². The van der Waals surface area contributed by atoms with E-state index in [0.29, 0.717) is 12.5 Å². The van der Waals surface area contributed by atoms with E-state index in [-0.39, 0.29) is 6.04 Å². The number of thiophene rings is 1. The molecule has 0 bridgehead atoms. The first-order chi connectivity index (χ1) is 14.1. The van der Waals surface area contributed by atoms with Crippen LogP contribution in [0.25, 0.3) is 0 Å². The normalized spacial score (nSPS) is 17.3. The minimum absolute atomic E-state index is 0.264. The van der Waals surface area contributed by atoms with E-state index in [1.54, 1.807) is 18.4 Å². The number of aliphatic imine (C=N–C) groups is 1. The predicted molar refractivity (Wildman–Crippen MR) is 122 cm³/mol. The molecule has 0 spiro atoms. The average molecular weight is 440 g/mol. The molecule has 0 aromatic carbocycles. The maximum atomic E-state index is 12.1. The monoisotopic (exact) mass is 439 g/mol. The van der Waals surface area contributed by atoms with Gasteiger partial charge in [0.05, 0.1) is 24.8 Å². The molecule has 3 N–H and O–H groups in total. The van der Waals surface area contributed by atoms with Gasteiger partial charge in [0.1, 0.15) is 5.60 Å². The van der Waals surface area contributed by atoms with Crippen LogP contribution in [0.5, 0.6) is 0 Å². The summed E-state index contributed by atoms with van der Waals surface area (Å²) >= 11 is 1.77. The van der Waals surface area contributed by atoms with Crippen LogP contribution in [0.4, 0.5) is 4.79 Å². The summed E-state index contributed by atoms with van der Waals surface area (Å²) in [5.74, 6) is 0.698. The van der Waals surface area contributed by atoms with Crippen molar-refractivity contribution in [2.24, 2.45) is 4.99 Å². The lowest BCUT2D eigenvalue weighted by atomic mass is 10.1. The first-order valence-corrected chi connectivity index (χ1v) is 11.3. The van der Waals surface area contributed by atoms with Crippen molar-refractivity contribution in [3.63, 3.8) is 0 Å². The zero-order valence-electron chi connectivity index (χ0n) is 19.1. The molecule has 1 fully saturated rings. The molecular weight excluding hydrogens is 402 g/mol. The highest BCUT2D eigenvalue weighted by Gasteiger charge is 2.26. The third kappa shape index (κ3) is 8.49. The van der Waals surface area contributed by atoms with E-state index in [1.165, 1.54) is 4.88 Å². The minimum atomic E-state index is -0.526. The fraction of sp³-hybridized carbons (Fsp3) is 0.714. The van der Waals surface area contributed by atoms with Gasteiger partial charge in [0.2, 0.25) is 0 Å². The highest BCUT2D eigenvalue weighted by Crippen LogP contribution is 2.25. The Kier molecular flexibility index (Phi) is 8.93. The molecule has 1 saturated heterocycles. The van der Waals surface area contributed by atoms with Gasteiger partial charge in [-0.05, 0) is 46.1 Å². The Morgan fingerprint density at radius 3 is 2.53 bits per heavy atom. The van der Waals surface area contributed by atoms with E-state index in [4.69, 9.17) is 9.47 Å². The molecule has 30 heavy (non-hydrogen) atoms. The first kappa shape index (κ1) is 24.4. The van der Waals surface area contributed by atoms with Gasteiger partial charge in [-0.2, -0.15) is 0 Å². The van der Waals surface area contributed by atoms with E-state index < -0.39 is 17.2 Å². The quantitative estimate of drug-likeness (QED) is 0.447. The molecule has 170 valence electrons. The second-order valence-corrected chi connectivity index (χ2v) is 9.98. The van der Waals surface area contributed by atoms with E-state index in [2.05, 4.69) is 43.4 Å². The SMILES string of the molecule is CN=C(NCC(c1cccs1)N1CCOCC1)NCC(C)(C)NC(=O)OC(C)(C)C. The van der Waals surface area contributed by atoms with Crippen molar-refractivity contribution in [1.29, 1.82) is 0 Å². The van der Waals surface area contributed by atoms with Crippen LogP contribution < -0.4 is 16.0 Å². The van der Waals surface area contributed by atoms with Crippen LogP contribution in [0.2, 0.25) is 0 Å². The molecule has 0 radical (unpaired) electrons. The summed E-state index contributed by atoms with van der Waals surface area (Å²) in [6.07, 6.45) is -0.428. The van der Waals surface area contributed by atoms with Gasteiger partial charge in [-0.15, -0.1) is 11.3 Å². The number of hydrogen-bond donors (Lipinski definition) is 3. The fourth-order valence-corrected chi connectivity index (χ4v) is 3.98. The third-order valence-electron chi connectivity index (χ3n) is 4.58. The second kappa shape index (κ2) is 11.0. The van der Waals surface area contributed by atoms with Gasteiger partial charge in [-0.1, -0.05) is 6.07 Å². The molecule has 9 heteroatoms. The van der Waals surface area contributed by atoms with Gasteiger partial charge < -0.3 is 25.4 Å². The Bertz CT molecular complexity index is 679. The van der Waals surface area contributed by atoms with Gasteiger partial charge in [0.15, 0.2) is 5.96 Å². The molecule has 1 amide bonds. The summed E-state index contributed by atoms with van der Waals surface area (Å²) < 4.78 is 10.9. The second-order valence-electron chi connectivity index (χ2n) is 9.00. The molecule has 2 rings (SSSR count). The Hall–Kier alpha value is -1.84. The van der Waals surface area contributed by atoms with Crippen molar-refractivity contribution >= 4 is 23.4 Å². The van der Waals surface area contributed by atoms with Gasteiger partial charge in [-0.25, -0.2) is 4.79 Å². The largest absolute Gasteiger partial charge is 0.444 e. The van der Waals surface area contributed by atoms with Crippen molar-refractivity contribution in [2.45, 2.75) is 51.8 Å². The summed E-state index contributed by atoms with van der Waals surface area (Å²) in [5.41, 5.74) is -1.03. The van der Waals surface area contributed by atoms with Crippen molar-refractivity contribution < 1.29 is 14.3 Å². The maximum absolute atomic E-state index is 12.1. The number of guanidine groups is 1. The van der Waals surface area contributed by atoms with Gasteiger partial charge in [0.25, 0.3) is 0 Å². The van der Waals surface area contributed by atoms with Crippen molar-refractivity contribution in [3.8, 4) is 0 Å². The average Bonchev–Trinajstić information content (AvgIpc) is 3.17. The predicted octanol–water partition coefficient (Wildman–Crippen LogP) is 2.59. The molecule has 1 unspecified atom stereocenters. The zero-order valence-corrected chi connectivity index (χ0v) is 19.9. The Labute approximate surface area is 184 Å². The van der Waals surface area contributed by atoms with E-state index in [0.717, 1.165) is 32.8 Å². The molecule has 0 saturated carbocycles. The number of morpholine rings is 1. The van der Waals surface area contributed by atoms with Gasteiger partial charge in [0, 0.05) is 38.1 Å². The van der Waals surface area contributed by atoms with E-state index in [9.17, 15) is 4.79 Å². The van der Waals surface area contributed by atoms with Crippen LogP contribution in [0.3, 0.4) is 0 Å². The fourth-order valence-electron chi connectivity index (χ4n) is 3.12. The number of nitrogens with zero attached hydrogens (tertiary/aromatic N) is 2. The summed E-state index contributed by atoms with van der Waals surface area (Å²) in [4.78, 5) is 20.2. The Morgan fingerprint density at radius 2 is 1.97 bits per heavy atom. The number of ether oxygens (including phenoxy) is 2. The van der Waals surface area contributed by atoms with Crippen LogP contribution in [-0.4, -0.2) is 74.5 Å². The van der Waals surface area contributed by atoms with Crippen LogP contribution in [0.1, 0.15) is 45.5 Å². The topological polar surface area (TPSA) is 87.2 Å². The van der Waals surface area contributed by atoms with Crippen molar-refractivity contribution in [3.05, 3.63) is 22.4 Å². The number of carbonyl (C=O) groups excluding carboxylic acids is 1. The molecule has 1 aliphatic heterocycles. The first-order valence-electron chi connectivity index (χ1n) is 10.4. The molecule has 0 aliphatic carbocycles. The molecular formula is C21H37N5O3S. The number of rotatable bonds is 7. The number of alkyl carbamates (subject to hydrolysis) is 1. The highest BCUT2D eigenvalue weighted by atomic mass is 32.1. The van der Waals surface area contributed by atoms with E-state index >= 15 is 0 Å². The summed E-state index contributed by atoms with van der Waals surface area (Å²) in [7, 11) is 1.75. The molecule has 1 aromatic rings. The summed E-state index contributed by atoms with van der Waals surface area (Å²) in [6.45, 7) is 14.0. The Morgan fingerprint density at radius 1 is 1.27 bits per heavy atom. The molecule has 1 atom stereocenters. The highest BCUT2D eigenvalue weighted by molar-refractivity contribution is 7.10. The molecule has 2 heterocycles. The third-order valence-corrected chi connectivity index (χ3v) is 5.56. The van der Waals surface area contributed by atoms with Gasteiger partial charge >= 0.3 is 6.09 Å². The zero-order chi connectivity index (χ0) is 22.2. The molecule has 1 aromatic heterocycles. The molecule has 1 aliphatic rings. The summed E-state index contributed by atoms with van der Waals surface area (Å²) in [6, 6.07) is 4.53. The van der Waals surface area contributed by atoms with Crippen molar-refractivity contribution in [1.82, 2.24) is 20.9 Å². The number of nitrogens with one attached hydrogen (secondary N) is 3. The van der Waals surface area contributed by atoms with E-state index in [1.807, 2.05) is 34.6 Å². The minimum Gasteiger partial charge on any atom is -0.444 e. The lowest BCUT2D eigenvalue weighted by Gasteiger charge is -2.34. The standard InChI is InChI=1S/C21H37N5O3S/c1-20(2,3)29-19(27)25-21(4,5)15-24-18(22-6)23-14-16(17-8-7-13-30-17)26-9-11-28-12-10-26/h7-8,13,16H,9-12,14-15H2,1-6H3,(H,25,27)(H2,22,23,24). The maximum Gasteiger partial charge on any atom is 0.408 e. The van der Waals surface area contributed by atoms with Crippen LogP contribution in [0.15, 0.2) is 22.5 Å². The van der Waals surface area contributed by atoms with Crippen molar-refractivity contribution in [2.75, 3.05) is 46.4 Å². The number of hydrogen-bond acceptors (Lipinski definition) is 6. The number of amides is 1.